The van der Waals surface area contributed by atoms with Crippen molar-refractivity contribution in [1.82, 2.24) is 0 Å². The van der Waals surface area contributed by atoms with Crippen molar-refractivity contribution >= 4 is 22.6 Å². The molecule has 6 aromatic carbocycles. The zero-order chi connectivity index (χ0) is 30.2. The Bertz CT molecular complexity index is 2030. The zero-order valence-corrected chi connectivity index (χ0v) is 25.5. The Hall–Kier alpha value is -5.40. The molecule has 1 nitrogen and oxygen atoms in total. The number of anilines is 3. The van der Waals surface area contributed by atoms with E-state index in [9.17, 15) is 0 Å². The van der Waals surface area contributed by atoms with E-state index in [1.807, 2.05) is 0 Å². The van der Waals surface area contributed by atoms with Crippen LogP contribution in [0.2, 0.25) is 0 Å². The van der Waals surface area contributed by atoms with Gasteiger partial charge in [0.05, 0.1) is 0 Å². The van der Waals surface area contributed by atoms with Crippen molar-refractivity contribution in [2.45, 2.75) is 25.2 Å². The summed E-state index contributed by atoms with van der Waals surface area (Å²) in [5, 5.41) is 0. The van der Waals surface area contributed by atoms with E-state index < -0.39 is 0 Å². The summed E-state index contributed by atoms with van der Waals surface area (Å²) in [6.45, 7) is 2.39. The minimum atomic E-state index is -0.253. The molecule has 2 aliphatic carbocycles. The van der Waals surface area contributed by atoms with E-state index in [0.717, 1.165) is 29.9 Å². The Morgan fingerprint density at radius 3 is 1.78 bits per heavy atom. The molecule has 0 spiro atoms. The monoisotopic (exact) mass is 577 g/mol. The summed E-state index contributed by atoms with van der Waals surface area (Å²) in [6.07, 6.45) is 8.87. The Morgan fingerprint density at radius 1 is 0.511 bits per heavy atom. The van der Waals surface area contributed by atoms with Crippen molar-refractivity contribution in [3.05, 3.63) is 192 Å². The van der Waals surface area contributed by atoms with Crippen LogP contribution in [0.1, 0.15) is 42.0 Å². The van der Waals surface area contributed by atoms with Crippen molar-refractivity contribution in [2.75, 3.05) is 4.90 Å². The van der Waals surface area contributed by atoms with Crippen LogP contribution in [0.4, 0.5) is 17.1 Å². The van der Waals surface area contributed by atoms with Gasteiger partial charge in [-0.1, -0.05) is 133 Å². The first-order valence-electron chi connectivity index (χ1n) is 15.9. The molecule has 0 N–H and O–H groups in total. The number of allylic oxidation sites excluding steroid dienone is 4. The van der Waals surface area contributed by atoms with Gasteiger partial charge in [0.25, 0.3) is 0 Å². The predicted molar refractivity (Wildman–Crippen MR) is 190 cm³/mol. The second kappa shape index (κ2) is 11.3. The van der Waals surface area contributed by atoms with Crippen molar-refractivity contribution in [3.63, 3.8) is 0 Å². The Morgan fingerprint density at radius 2 is 1.09 bits per heavy atom. The molecule has 0 saturated heterocycles. The fourth-order valence-electron chi connectivity index (χ4n) is 7.25. The quantitative estimate of drug-likeness (QED) is 0.190. The average molecular weight is 578 g/mol. The molecule has 0 aliphatic heterocycles. The van der Waals surface area contributed by atoms with Crippen LogP contribution in [0.3, 0.4) is 0 Å². The first kappa shape index (κ1) is 27.2. The molecule has 0 saturated carbocycles. The van der Waals surface area contributed by atoms with Crippen molar-refractivity contribution in [1.29, 1.82) is 0 Å². The fourth-order valence-corrected chi connectivity index (χ4v) is 7.25. The molecule has 0 heterocycles. The molecule has 6 aromatic rings. The van der Waals surface area contributed by atoms with Gasteiger partial charge in [-0.25, -0.2) is 0 Å². The van der Waals surface area contributed by atoms with Gasteiger partial charge in [-0.15, -0.1) is 0 Å². The lowest BCUT2D eigenvalue weighted by Gasteiger charge is -2.31. The summed E-state index contributed by atoms with van der Waals surface area (Å²) in [6, 6.07) is 55.6. The third-order valence-electron chi connectivity index (χ3n) is 9.65. The van der Waals surface area contributed by atoms with Crippen LogP contribution in [0.25, 0.3) is 27.8 Å². The molecule has 0 radical (unpaired) electrons. The Labute approximate surface area is 266 Å². The SMILES string of the molecule is CC1(c2ccccc2)c2ccccc2-c2ccc(N(c3ccc(C4=CC=CCC4)cc3)c3ccc(-c4ccccc4)cc3)cc21. The van der Waals surface area contributed by atoms with Gasteiger partial charge in [0.2, 0.25) is 0 Å². The average Bonchev–Trinajstić information content (AvgIpc) is 3.38. The van der Waals surface area contributed by atoms with E-state index in [2.05, 4.69) is 182 Å². The van der Waals surface area contributed by atoms with Crippen LogP contribution in [-0.4, -0.2) is 0 Å². The first-order valence-corrected chi connectivity index (χ1v) is 15.9. The second-order valence-corrected chi connectivity index (χ2v) is 12.2. The topological polar surface area (TPSA) is 3.24 Å². The fraction of sp³-hybridized carbons (Fsp3) is 0.0909. The maximum Gasteiger partial charge on any atom is 0.0465 e. The summed E-state index contributed by atoms with van der Waals surface area (Å²) >= 11 is 0. The lowest BCUT2D eigenvalue weighted by Crippen LogP contribution is -2.22. The number of hydrogen-bond acceptors (Lipinski definition) is 1. The molecular formula is C44H35N. The number of nitrogens with zero attached hydrogens (tertiary/aromatic N) is 1. The van der Waals surface area contributed by atoms with Crippen LogP contribution in [-0.2, 0) is 5.41 Å². The summed E-state index contributed by atoms with van der Waals surface area (Å²) in [4.78, 5) is 2.41. The highest BCUT2D eigenvalue weighted by Crippen LogP contribution is 2.53. The molecule has 1 unspecified atom stereocenters. The molecule has 0 amide bonds. The van der Waals surface area contributed by atoms with Gasteiger partial charge in [-0.05, 0) is 106 Å². The van der Waals surface area contributed by atoms with Crippen molar-refractivity contribution < 1.29 is 0 Å². The van der Waals surface area contributed by atoms with E-state index in [0.29, 0.717) is 0 Å². The largest absolute Gasteiger partial charge is 0.310 e. The summed E-state index contributed by atoms with van der Waals surface area (Å²) in [5.41, 5.74) is 15.0. The van der Waals surface area contributed by atoms with Gasteiger partial charge < -0.3 is 4.90 Å². The van der Waals surface area contributed by atoms with E-state index in [-0.39, 0.29) is 5.41 Å². The van der Waals surface area contributed by atoms with E-state index in [1.165, 1.54) is 50.1 Å². The van der Waals surface area contributed by atoms with Gasteiger partial charge in [-0.3, -0.25) is 0 Å². The van der Waals surface area contributed by atoms with E-state index in [1.54, 1.807) is 0 Å². The van der Waals surface area contributed by atoms with Crippen LogP contribution in [0.5, 0.6) is 0 Å². The highest BCUT2D eigenvalue weighted by molar-refractivity contribution is 5.87. The summed E-state index contributed by atoms with van der Waals surface area (Å²) < 4.78 is 0. The van der Waals surface area contributed by atoms with E-state index in [4.69, 9.17) is 0 Å². The second-order valence-electron chi connectivity index (χ2n) is 12.2. The maximum absolute atomic E-state index is 2.43. The first-order chi connectivity index (χ1) is 22.2. The van der Waals surface area contributed by atoms with Gasteiger partial charge in [-0.2, -0.15) is 0 Å². The minimum Gasteiger partial charge on any atom is -0.310 e. The molecule has 0 fully saturated rings. The maximum atomic E-state index is 2.43. The zero-order valence-electron chi connectivity index (χ0n) is 25.5. The van der Waals surface area contributed by atoms with Crippen LogP contribution in [0.15, 0.2) is 170 Å². The molecule has 8 rings (SSSR count). The van der Waals surface area contributed by atoms with Gasteiger partial charge in [0.1, 0.15) is 0 Å². The highest BCUT2D eigenvalue weighted by Gasteiger charge is 2.41. The molecule has 1 heteroatoms. The van der Waals surface area contributed by atoms with Gasteiger partial charge >= 0.3 is 0 Å². The Balaban J connectivity index is 1.27. The normalized spacial score (nSPS) is 16.5. The van der Waals surface area contributed by atoms with Crippen molar-refractivity contribution in [2.24, 2.45) is 0 Å². The third-order valence-corrected chi connectivity index (χ3v) is 9.65. The van der Waals surface area contributed by atoms with Gasteiger partial charge in [0, 0.05) is 22.5 Å². The number of rotatable bonds is 6. The van der Waals surface area contributed by atoms with E-state index >= 15 is 0 Å². The van der Waals surface area contributed by atoms with Gasteiger partial charge in [0.15, 0.2) is 0 Å². The van der Waals surface area contributed by atoms with Crippen LogP contribution < -0.4 is 4.90 Å². The molecule has 0 bridgehead atoms. The molecule has 45 heavy (non-hydrogen) atoms. The lowest BCUT2D eigenvalue weighted by molar-refractivity contribution is 0.714. The highest BCUT2D eigenvalue weighted by atomic mass is 15.1. The van der Waals surface area contributed by atoms with Crippen LogP contribution in [0, 0.1) is 0 Å². The van der Waals surface area contributed by atoms with Crippen LogP contribution >= 0.6 is 0 Å². The van der Waals surface area contributed by atoms with Crippen molar-refractivity contribution in [3.8, 4) is 22.3 Å². The molecule has 216 valence electrons. The summed E-state index contributed by atoms with van der Waals surface area (Å²) in [5.74, 6) is 0. The minimum absolute atomic E-state index is 0.253. The lowest BCUT2D eigenvalue weighted by atomic mass is 9.74. The standard InChI is InChI=1S/C44H35N/c1-44(36-17-9-4-10-18-36)42-20-12-11-19-40(42)41-30-29-39(31-43(41)44)45(37-25-21-34(22-26-37)32-13-5-2-6-14-32)38-27-23-35(24-28-38)33-15-7-3-8-16-33/h2-7,9-15,17-31H,8,16H2,1H3. The molecule has 2 aliphatic rings. The predicted octanol–water partition coefficient (Wildman–Crippen LogP) is 11.9. The number of benzene rings is 6. The summed E-state index contributed by atoms with van der Waals surface area (Å²) in [7, 11) is 0. The molecule has 1 atom stereocenters. The molecular weight excluding hydrogens is 542 g/mol. The smallest absolute Gasteiger partial charge is 0.0465 e. The Kier molecular flexibility index (Phi) is 6.80. The third kappa shape index (κ3) is 4.73. The number of hydrogen-bond donors (Lipinski definition) is 0. The molecule has 0 aromatic heterocycles. The number of fused-ring (bicyclic) bond motifs is 3.